The van der Waals surface area contributed by atoms with Gasteiger partial charge in [-0.2, -0.15) is 0 Å². The molecule has 3 aliphatic rings. The van der Waals surface area contributed by atoms with Crippen molar-refractivity contribution in [3.63, 3.8) is 0 Å². The lowest BCUT2D eigenvalue weighted by molar-refractivity contribution is 1.05. The van der Waals surface area contributed by atoms with Crippen molar-refractivity contribution < 1.29 is 0 Å². The van der Waals surface area contributed by atoms with Gasteiger partial charge in [-0.25, -0.2) is 0 Å². The van der Waals surface area contributed by atoms with Crippen LogP contribution >= 0.6 is 15.9 Å². The minimum Gasteiger partial charge on any atom is -0.0876 e. The van der Waals surface area contributed by atoms with Gasteiger partial charge in [0.05, 0.1) is 0 Å². The summed E-state index contributed by atoms with van der Waals surface area (Å²) in [5.41, 5.74) is 19.1. The number of allylic oxidation sites excluding steroid dienone is 3. The van der Waals surface area contributed by atoms with E-state index in [0.717, 1.165) is 31.0 Å². The Morgan fingerprint density at radius 2 is 1.21 bits per heavy atom. The molecule has 34 heavy (non-hydrogen) atoms. The van der Waals surface area contributed by atoms with E-state index in [1.165, 1.54) is 66.8 Å². The molecule has 0 unspecified atom stereocenters. The third-order valence-electron chi connectivity index (χ3n) is 7.69. The molecule has 6 rings (SSSR count). The normalized spacial score (nSPS) is 14.4. The van der Waals surface area contributed by atoms with E-state index in [1.807, 2.05) is 0 Å². The first-order valence-electron chi connectivity index (χ1n) is 12.4. The van der Waals surface area contributed by atoms with E-state index in [9.17, 15) is 0 Å². The molecule has 172 valence electrons. The number of fused-ring (bicyclic) bond motifs is 3. The zero-order valence-electron chi connectivity index (χ0n) is 20.8. The van der Waals surface area contributed by atoms with Crippen LogP contribution in [0.2, 0.25) is 0 Å². The van der Waals surface area contributed by atoms with Gasteiger partial charge >= 0.3 is 0 Å². The van der Waals surface area contributed by atoms with Crippen molar-refractivity contribution in [2.75, 3.05) is 0 Å². The van der Waals surface area contributed by atoms with E-state index in [0.29, 0.717) is 0 Å². The standard InChI is InChI=1S/C22H22.C11H11Br/c1-14-9-10-18(20-6-4-5-19(14)20)11-17-12-21-15(2)7-8-16(3)22(21)13-17;1-8-5-6-9(7-12)11-4-2-3-10(8)11/h4,6-10,12H,5,11,13H2,1-3H3;2-3,5-6H,4,7H2,1H3. The van der Waals surface area contributed by atoms with Crippen molar-refractivity contribution in [1.29, 1.82) is 0 Å². The van der Waals surface area contributed by atoms with Crippen molar-refractivity contribution in [3.05, 3.63) is 121 Å². The molecule has 0 fully saturated rings. The van der Waals surface area contributed by atoms with Crippen LogP contribution < -0.4 is 0 Å². The summed E-state index contributed by atoms with van der Waals surface area (Å²) in [4.78, 5) is 0. The molecule has 3 aromatic rings. The average Bonchev–Trinajstić information content (AvgIpc) is 3.59. The summed E-state index contributed by atoms with van der Waals surface area (Å²) in [5, 5.41) is 0.970. The molecule has 0 N–H and O–H groups in total. The highest BCUT2D eigenvalue weighted by Gasteiger charge is 2.19. The second-order valence-electron chi connectivity index (χ2n) is 9.96. The number of rotatable bonds is 3. The molecular weight excluding hydrogens is 476 g/mol. The molecule has 0 amide bonds. The molecule has 0 radical (unpaired) electrons. The third-order valence-corrected chi connectivity index (χ3v) is 8.29. The van der Waals surface area contributed by atoms with Crippen molar-refractivity contribution in [2.45, 2.75) is 58.7 Å². The smallest absolute Gasteiger partial charge is 0.0286 e. The Labute approximate surface area is 213 Å². The molecule has 0 saturated carbocycles. The molecule has 0 spiro atoms. The fourth-order valence-electron chi connectivity index (χ4n) is 5.64. The molecule has 1 heteroatoms. The molecule has 0 aliphatic heterocycles. The third kappa shape index (κ3) is 4.27. The minimum absolute atomic E-state index is 0.970. The summed E-state index contributed by atoms with van der Waals surface area (Å²) < 4.78 is 0. The van der Waals surface area contributed by atoms with Gasteiger partial charge in [-0.3, -0.25) is 0 Å². The van der Waals surface area contributed by atoms with Gasteiger partial charge in [0.2, 0.25) is 0 Å². The zero-order chi connectivity index (χ0) is 23.8. The Bertz CT molecular complexity index is 1360. The molecule has 3 aliphatic carbocycles. The van der Waals surface area contributed by atoms with E-state index in [4.69, 9.17) is 0 Å². The SMILES string of the molecule is Cc1ccc(C)c2c1C=C(Cc1ccc(C)c3c1C=CC3)C2.Cc1ccc(CBr)c2c1C=CC2. The van der Waals surface area contributed by atoms with Crippen LogP contribution in [0.15, 0.2) is 54.1 Å². The van der Waals surface area contributed by atoms with Crippen LogP contribution in [0.4, 0.5) is 0 Å². The van der Waals surface area contributed by atoms with E-state index in [-0.39, 0.29) is 0 Å². The van der Waals surface area contributed by atoms with Gasteiger partial charge in [-0.15, -0.1) is 0 Å². The lowest BCUT2D eigenvalue weighted by Gasteiger charge is -2.11. The number of hydrogen-bond donors (Lipinski definition) is 0. The predicted molar refractivity (Wildman–Crippen MR) is 152 cm³/mol. The topological polar surface area (TPSA) is 0 Å². The van der Waals surface area contributed by atoms with Crippen molar-refractivity contribution in [3.8, 4) is 0 Å². The fourth-order valence-corrected chi connectivity index (χ4v) is 6.16. The van der Waals surface area contributed by atoms with Gasteiger partial charge in [0, 0.05) is 5.33 Å². The Morgan fingerprint density at radius 3 is 1.97 bits per heavy atom. The average molecular weight is 510 g/mol. The van der Waals surface area contributed by atoms with Crippen LogP contribution in [0.3, 0.4) is 0 Å². The zero-order valence-corrected chi connectivity index (χ0v) is 22.4. The molecule has 0 aromatic heterocycles. The van der Waals surface area contributed by atoms with E-state index in [1.54, 1.807) is 5.57 Å². The minimum atomic E-state index is 0.970. The van der Waals surface area contributed by atoms with Crippen LogP contribution in [-0.2, 0) is 31.0 Å². The van der Waals surface area contributed by atoms with Crippen LogP contribution in [0.5, 0.6) is 0 Å². The molecule has 0 atom stereocenters. The van der Waals surface area contributed by atoms with E-state index in [2.05, 4.69) is 110 Å². The van der Waals surface area contributed by atoms with Gasteiger partial charge < -0.3 is 0 Å². The van der Waals surface area contributed by atoms with Gasteiger partial charge in [-0.1, -0.05) is 88.3 Å². The lowest BCUT2D eigenvalue weighted by Crippen LogP contribution is -1.98. The summed E-state index contributed by atoms with van der Waals surface area (Å²) in [6.45, 7) is 8.87. The second-order valence-corrected chi connectivity index (χ2v) is 10.5. The first kappa shape index (κ1) is 23.1. The van der Waals surface area contributed by atoms with Crippen LogP contribution in [-0.4, -0.2) is 0 Å². The van der Waals surface area contributed by atoms with Gasteiger partial charge in [0.1, 0.15) is 0 Å². The predicted octanol–water partition coefficient (Wildman–Crippen LogP) is 8.82. The van der Waals surface area contributed by atoms with Gasteiger partial charge in [-0.05, 0) is 120 Å². The van der Waals surface area contributed by atoms with E-state index < -0.39 is 0 Å². The Kier molecular flexibility index (Phi) is 6.49. The number of benzene rings is 3. The summed E-state index contributed by atoms with van der Waals surface area (Å²) >= 11 is 3.51. The Balaban J connectivity index is 0.000000169. The maximum absolute atomic E-state index is 3.51. The highest BCUT2D eigenvalue weighted by molar-refractivity contribution is 9.08. The summed E-state index contributed by atoms with van der Waals surface area (Å²) in [5.74, 6) is 0. The summed E-state index contributed by atoms with van der Waals surface area (Å²) in [6, 6.07) is 13.5. The number of halogens is 1. The summed E-state index contributed by atoms with van der Waals surface area (Å²) in [7, 11) is 0. The molecule has 0 nitrogen and oxygen atoms in total. The maximum atomic E-state index is 3.51. The highest BCUT2D eigenvalue weighted by Crippen LogP contribution is 2.34. The Morgan fingerprint density at radius 1 is 0.618 bits per heavy atom. The maximum Gasteiger partial charge on any atom is 0.0286 e. The second kappa shape index (κ2) is 9.55. The van der Waals surface area contributed by atoms with Gasteiger partial charge in [0.25, 0.3) is 0 Å². The molecule has 0 bridgehead atoms. The fraction of sp³-hybridized carbons (Fsp3) is 0.273. The van der Waals surface area contributed by atoms with Crippen molar-refractivity contribution in [2.24, 2.45) is 0 Å². The molecule has 0 saturated heterocycles. The first-order chi connectivity index (χ1) is 16.5. The quantitative estimate of drug-likeness (QED) is 0.310. The lowest BCUT2D eigenvalue weighted by atomic mass is 9.93. The van der Waals surface area contributed by atoms with Gasteiger partial charge in [0.15, 0.2) is 0 Å². The van der Waals surface area contributed by atoms with Crippen molar-refractivity contribution >= 4 is 34.2 Å². The number of alkyl halides is 1. The number of hydrogen-bond acceptors (Lipinski definition) is 0. The molecule has 3 aromatic carbocycles. The molecular formula is C33H33Br. The van der Waals surface area contributed by atoms with Crippen molar-refractivity contribution in [1.82, 2.24) is 0 Å². The van der Waals surface area contributed by atoms with Crippen LogP contribution in [0.1, 0.15) is 66.8 Å². The first-order valence-corrected chi connectivity index (χ1v) is 13.5. The monoisotopic (exact) mass is 508 g/mol. The highest BCUT2D eigenvalue weighted by atomic mass is 79.9. The largest absolute Gasteiger partial charge is 0.0876 e. The number of aryl methyl sites for hydroxylation is 4. The van der Waals surface area contributed by atoms with E-state index >= 15 is 0 Å². The summed E-state index contributed by atoms with van der Waals surface area (Å²) in [6.07, 6.45) is 15.9. The van der Waals surface area contributed by atoms with Crippen LogP contribution in [0.25, 0.3) is 18.2 Å². The molecule has 0 heterocycles. The van der Waals surface area contributed by atoms with Crippen LogP contribution in [0, 0.1) is 27.7 Å². The Hall–Kier alpha value is -2.64.